The Morgan fingerprint density at radius 2 is 2.07 bits per heavy atom. The van der Waals surface area contributed by atoms with E-state index in [1.54, 1.807) is 0 Å². The number of carbonyl (C=O) groups excluding carboxylic acids is 1. The number of rotatable bonds is 1. The summed E-state index contributed by atoms with van der Waals surface area (Å²) in [5, 5.41) is 0. The lowest BCUT2D eigenvalue weighted by atomic mass is 10.1. The maximum Gasteiger partial charge on any atom is 0.134 e. The summed E-state index contributed by atoms with van der Waals surface area (Å²) in [6.07, 6.45) is 8.17. The molecule has 0 aromatic rings. The van der Waals surface area contributed by atoms with Gasteiger partial charge in [0.15, 0.2) is 0 Å². The molecule has 2 atom stereocenters. The van der Waals surface area contributed by atoms with Crippen LogP contribution in [0.25, 0.3) is 0 Å². The molecule has 2 nitrogen and oxygen atoms in total. The van der Waals surface area contributed by atoms with Gasteiger partial charge in [-0.15, -0.1) is 0 Å². The van der Waals surface area contributed by atoms with Crippen molar-refractivity contribution in [2.75, 3.05) is 6.54 Å². The van der Waals surface area contributed by atoms with E-state index in [0.717, 1.165) is 19.3 Å². The first-order chi connectivity index (χ1) is 6.77. The van der Waals surface area contributed by atoms with Crippen molar-refractivity contribution in [1.29, 1.82) is 0 Å². The third-order valence-corrected chi connectivity index (χ3v) is 3.79. The number of carbonyl (C=O) groups is 1. The maximum absolute atomic E-state index is 11.3. The fourth-order valence-electron chi connectivity index (χ4n) is 2.92. The largest absolute Gasteiger partial charge is 0.300 e. The molecule has 0 aromatic heterocycles. The second-order valence-corrected chi connectivity index (χ2v) is 4.87. The van der Waals surface area contributed by atoms with Gasteiger partial charge in [-0.1, -0.05) is 12.8 Å². The van der Waals surface area contributed by atoms with E-state index in [2.05, 4.69) is 11.8 Å². The van der Waals surface area contributed by atoms with Crippen LogP contribution in [-0.2, 0) is 4.79 Å². The van der Waals surface area contributed by atoms with Crippen LogP contribution in [0.5, 0.6) is 0 Å². The summed E-state index contributed by atoms with van der Waals surface area (Å²) in [5.74, 6) is 0.478. The molecule has 2 heteroatoms. The van der Waals surface area contributed by atoms with Crippen LogP contribution in [0, 0.1) is 0 Å². The van der Waals surface area contributed by atoms with Crippen LogP contribution >= 0.6 is 0 Å². The highest BCUT2D eigenvalue weighted by molar-refractivity contribution is 5.81. The second-order valence-electron chi connectivity index (χ2n) is 4.87. The van der Waals surface area contributed by atoms with E-state index in [0.29, 0.717) is 17.9 Å². The summed E-state index contributed by atoms with van der Waals surface area (Å²) < 4.78 is 0. The lowest BCUT2D eigenvalue weighted by molar-refractivity contribution is -0.117. The first-order valence-electron chi connectivity index (χ1n) is 6.05. The molecule has 1 aliphatic heterocycles. The van der Waals surface area contributed by atoms with E-state index >= 15 is 0 Å². The third kappa shape index (κ3) is 2.17. The first kappa shape index (κ1) is 10.2. The predicted octanol–water partition coefficient (Wildman–Crippen LogP) is 2.37. The molecule has 2 fully saturated rings. The average molecular weight is 195 g/mol. The minimum atomic E-state index is 0.478. The second kappa shape index (κ2) is 4.43. The normalized spacial score (nSPS) is 35.9. The molecule has 0 amide bonds. The monoisotopic (exact) mass is 195 g/mol. The Morgan fingerprint density at radius 3 is 2.79 bits per heavy atom. The van der Waals surface area contributed by atoms with Crippen LogP contribution in [0.3, 0.4) is 0 Å². The lowest BCUT2D eigenvalue weighted by Crippen LogP contribution is -2.40. The van der Waals surface area contributed by atoms with Gasteiger partial charge in [-0.2, -0.15) is 0 Å². The van der Waals surface area contributed by atoms with Crippen molar-refractivity contribution >= 4 is 5.78 Å². The predicted molar refractivity (Wildman–Crippen MR) is 57.3 cm³/mol. The van der Waals surface area contributed by atoms with Crippen molar-refractivity contribution in [1.82, 2.24) is 4.90 Å². The zero-order chi connectivity index (χ0) is 9.97. The van der Waals surface area contributed by atoms with Crippen LogP contribution in [0.2, 0.25) is 0 Å². The van der Waals surface area contributed by atoms with E-state index in [1.807, 2.05) is 0 Å². The first-order valence-corrected chi connectivity index (χ1v) is 6.05. The Balaban J connectivity index is 1.96. The summed E-state index contributed by atoms with van der Waals surface area (Å²) in [5.41, 5.74) is 0. The molecule has 14 heavy (non-hydrogen) atoms. The van der Waals surface area contributed by atoms with Crippen LogP contribution in [0.1, 0.15) is 51.9 Å². The van der Waals surface area contributed by atoms with Crippen LogP contribution in [0.4, 0.5) is 0 Å². The van der Waals surface area contributed by atoms with Crippen LogP contribution in [-0.4, -0.2) is 29.3 Å². The maximum atomic E-state index is 11.3. The molecule has 1 heterocycles. The summed E-state index contributed by atoms with van der Waals surface area (Å²) in [7, 11) is 0. The summed E-state index contributed by atoms with van der Waals surface area (Å²) in [4.78, 5) is 13.9. The van der Waals surface area contributed by atoms with Crippen molar-refractivity contribution in [3.05, 3.63) is 0 Å². The van der Waals surface area contributed by atoms with Gasteiger partial charge in [-0.05, 0) is 32.7 Å². The van der Waals surface area contributed by atoms with Crippen molar-refractivity contribution in [2.24, 2.45) is 0 Å². The highest BCUT2D eigenvalue weighted by Crippen LogP contribution is 2.26. The van der Waals surface area contributed by atoms with Gasteiger partial charge in [0, 0.05) is 24.9 Å². The van der Waals surface area contributed by atoms with Gasteiger partial charge in [0.1, 0.15) is 5.78 Å². The van der Waals surface area contributed by atoms with E-state index in [4.69, 9.17) is 0 Å². The fourth-order valence-corrected chi connectivity index (χ4v) is 2.92. The molecular weight excluding hydrogens is 174 g/mol. The molecule has 0 N–H and O–H groups in total. The van der Waals surface area contributed by atoms with E-state index < -0.39 is 0 Å². The zero-order valence-corrected chi connectivity index (χ0v) is 9.17. The molecular formula is C12H21NO. The minimum absolute atomic E-state index is 0.478. The van der Waals surface area contributed by atoms with Gasteiger partial charge in [0.25, 0.3) is 0 Å². The van der Waals surface area contributed by atoms with Crippen LogP contribution < -0.4 is 0 Å². The summed E-state index contributed by atoms with van der Waals surface area (Å²) in [6.45, 7) is 3.55. The molecule has 1 saturated heterocycles. The van der Waals surface area contributed by atoms with Gasteiger partial charge < -0.3 is 0 Å². The Hall–Kier alpha value is -0.370. The SMILES string of the molecule is CC1CCCCCN1C1CCC(=O)C1. The van der Waals surface area contributed by atoms with Crippen molar-refractivity contribution in [2.45, 2.75) is 64.0 Å². The topological polar surface area (TPSA) is 20.3 Å². The Labute approximate surface area is 86.7 Å². The highest BCUT2D eigenvalue weighted by atomic mass is 16.1. The smallest absolute Gasteiger partial charge is 0.134 e. The Bertz CT molecular complexity index is 214. The number of nitrogens with zero attached hydrogens (tertiary/aromatic N) is 1. The summed E-state index contributed by atoms with van der Waals surface area (Å²) >= 11 is 0. The number of hydrogen-bond acceptors (Lipinski definition) is 2. The molecule has 80 valence electrons. The van der Waals surface area contributed by atoms with Crippen molar-refractivity contribution in [3.63, 3.8) is 0 Å². The molecule has 1 aliphatic carbocycles. The molecule has 0 radical (unpaired) electrons. The minimum Gasteiger partial charge on any atom is -0.300 e. The quantitative estimate of drug-likeness (QED) is 0.640. The molecule has 0 bridgehead atoms. The van der Waals surface area contributed by atoms with Crippen molar-refractivity contribution in [3.8, 4) is 0 Å². The third-order valence-electron chi connectivity index (χ3n) is 3.79. The zero-order valence-electron chi connectivity index (χ0n) is 9.17. The fraction of sp³-hybridized carbons (Fsp3) is 0.917. The molecule has 0 spiro atoms. The Kier molecular flexibility index (Phi) is 3.22. The van der Waals surface area contributed by atoms with Gasteiger partial charge in [-0.3, -0.25) is 9.69 Å². The van der Waals surface area contributed by atoms with Gasteiger partial charge in [-0.25, -0.2) is 0 Å². The number of hydrogen-bond donors (Lipinski definition) is 0. The molecule has 0 aromatic carbocycles. The number of Topliss-reactive ketones (excluding diaryl/α,β-unsaturated/α-hetero) is 1. The van der Waals surface area contributed by atoms with E-state index in [9.17, 15) is 4.79 Å². The molecule has 2 aliphatic rings. The standard InChI is InChI=1S/C12H21NO/c1-10-5-3-2-4-8-13(10)11-6-7-12(14)9-11/h10-11H,2-9H2,1H3. The van der Waals surface area contributed by atoms with E-state index in [1.165, 1.54) is 32.2 Å². The molecule has 2 unspecified atom stereocenters. The van der Waals surface area contributed by atoms with Gasteiger partial charge in [0.05, 0.1) is 0 Å². The lowest BCUT2D eigenvalue weighted by Gasteiger charge is -2.32. The van der Waals surface area contributed by atoms with Crippen LogP contribution in [0.15, 0.2) is 0 Å². The summed E-state index contributed by atoms with van der Waals surface area (Å²) in [6, 6.07) is 1.28. The Morgan fingerprint density at radius 1 is 1.21 bits per heavy atom. The van der Waals surface area contributed by atoms with Gasteiger partial charge >= 0.3 is 0 Å². The molecule has 1 saturated carbocycles. The van der Waals surface area contributed by atoms with Crippen molar-refractivity contribution < 1.29 is 4.79 Å². The van der Waals surface area contributed by atoms with E-state index in [-0.39, 0.29) is 0 Å². The van der Waals surface area contributed by atoms with Gasteiger partial charge in [0.2, 0.25) is 0 Å². The number of ketones is 1. The molecule has 2 rings (SSSR count). The number of likely N-dealkylation sites (tertiary alicyclic amines) is 1. The highest BCUT2D eigenvalue weighted by Gasteiger charge is 2.30. The average Bonchev–Trinajstić information content (AvgIpc) is 2.46.